The summed E-state index contributed by atoms with van der Waals surface area (Å²) < 4.78 is 0. The first-order valence-electron chi connectivity index (χ1n) is 5.35. The molecular formula is C12H17NO2. The Morgan fingerprint density at radius 3 is 2.60 bits per heavy atom. The van der Waals surface area contributed by atoms with Gasteiger partial charge in [-0.2, -0.15) is 0 Å². The summed E-state index contributed by atoms with van der Waals surface area (Å²) in [7, 11) is 0. The van der Waals surface area contributed by atoms with Gasteiger partial charge in [-0.1, -0.05) is 6.07 Å². The molecular weight excluding hydrogens is 190 g/mol. The van der Waals surface area contributed by atoms with E-state index in [9.17, 15) is 5.11 Å². The van der Waals surface area contributed by atoms with E-state index in [1.165, 1.54) is 25.3 Å². The Hall–Kier alpha value is -1.22. The second kappa shape index (κ2) is 3.74. The lowest BCUT2D eigenvalue weighted by Crippen LogP contribution is -2.47. The molecule has 0 amide bonds. The van der Waals surface area contributed by atoms with E-state index in [1.54, 1.807) is 12.1 Å². The molecule has 1 aliphatic carbocycles. The zero-order chi connectivity index (χ0) is 10.9. The third kappa shape index (κ3) is 2.23. The number of benzene rings is 1. The van der Waals surface area contributed by atoms with Crippen LogP contribution in [0.15, 0.2) is 18.2 Å². The van der Waals surface area contributed by atoms with Gasteiger partial charge in [0.25, 0.3) is 0 Å². The Balaban J connectivity index is 1.98. The minimum Gasteiger partial charge on any atom is -0.508 e. The highest BCUT2D eigenvalue weighted by atomic mass is 16.3. The topological polar surface area (TPSA) is 52.5 Å². The summed E-state index contributed by atoms with van der Waals surface area (Å²) in [6, 6.07) is 4.72. The number of nitrogens with one attached hydrogen (secondary N) is 1. The lowest BCUT2D eigenvalue weighted by molar-refractivity contribution is 0.206. The smallest absolute Gasteiger partial charge is 0.123 e. The average molecular weight is 207 g/mol. The molecule has 0 spiro atoms. The average Bonchev–Trinajstić information content (AvgIpc) is 2.14. The van der Waals surface area contributed by atoms with Gasteiger partial charge in [-0.3, -0.25) is 0 Å². The van der Waals surface area contributed by atoms with Gasteiger partial charge in [0.2, 0.25) is 0 Å². The van der Waals surface area contributed by atoms with Crippen LogP contribution in [0, 0.1) is 0 Å². The summed E-state index contributed by atoms with van der Waals surface area (Å²) in [6.07, 6.45) is 3.68. The molecule has 3 nitrogen and oxygen atoms in total. The maximum Gasteiger partial charge on any atom is 0.123 e. The highest BCUT2D eigenvalue weighted by molar-refractivity contribution is 5.38. The Morgan fingerprint density at radius 1 is 1.33 bits per heavy atom. The van der Waals surface area contributed by atoms with Crippen LogP contribution in [0.1, 0.15) is 31.7 Å². The van der Waals surface area contributed by atoms with Crippen LogP contribution in [0.3, 0.4) is 0 Å². The lowest BCUT2D eigenvalue weighted by Gasteiger charge is -2.39. The van der Waals surface area contributed by atoms with E-state index in [0.717, 1.165) is 5.56 Å². The molecule has 1 aromatic rings. The SMILES string of the molecule is CC1(NCc2ccc(O)cc2O)CCC1. The molecule has 0 unspecified atom stereocenters. The second-order valence-electron chi connectivity index (χ2n) is 4.58. The largest absolute Gasteiger partial charge is 0.508 e. The van der Waals surface area contributed by atoms with Gasteiger partial charge >= 0.3 is 0 Å². The Kier molecular flexibility index (Phi) is 2.57. The minimum atomic E-state index is 0.103. The molecule has 1 aromatic carbocycles. The van der Waals surface area contributed by atoms with E-state index >= 15 is 0 Å². The first kappa shape index (κ1) is 10.3. The number of aromatic hydroxyl groups is 2. The van der Waals surface area contributed by atoms with Gasteiger partial charge in [0.15, 0.2) is 0 Å². The molecule has 0 heterocycles. The van der Waals surface area contributed by atoms with Crippen molar-refractivity contribution in [3.05, 3.63) is 23.8 Å². The molecule has 0 aliphatic heterocycles. The maximum absolute atomic E-state index is 9.58. The van der Waals surface area contributed by atoms with Crippen LogP contribution in [0.25, 0.3) is 0 Å². The van der Waals surface area contributed by atoms with Crippen LogP contribution >= 0.6 is 0 Å². The standard InChI is InChI=1S/C12H17NO2/c1-12(5-2-6-12)13-8-9-3-4-10(14)7-11(9)15/h3-4,7,13-15H,2,5-6,8H2,1H3. The fourth-order valence-electron chi connectivity index (χ4n) is 1.89. The third-order valence-electron chi connectivity index (χ3n) is 3.23. The van der Waals surface area contributed by atoms with Crippen LogP contribution in [0.4, 0.5) is 0 Å². The third-order valence-corrected chi connectivity index (χ3v) is 3.23. The molecule has 3 N–H and O–H groups in total. The summed E-state index contributed by atoms with van der Waals surface area (Å²) in [4.78, 5) is 0. The van der Waals surface area contributed by atoms with Gasteiger partial charge in [0, 0.05) is 23.7 Å². The Bertz CT molecular complexity index is 359. The molecule has 0 atom stereocenters. The zero-order valence-corrected chi connectivity index (χ0v) is 8.95. The number of phenols is 2. The Morgan fingerprint density at radius 2 is 2.07 bits per heavy atom. The monoisotopic (exact) mass is 207 g/mol. The van der Waals surface area contributed by atoms with E-state index in [1.807, 2.05) is 0 Å². The molecule has 1 aliphatic rings. The number of phenolic OH excluding ortho intramolecular Hbond substituents is 2. The molecule has 82 valence electrons. The second-order valence-corrected chi connectivity index (χ2v) is 4.58. The van der Waals surface area contributed by atoms with Crippen molar-refractivity contribution in [2.24, 2.45) is 0 Å². The van der Waals surface area contributed by atoms with Gasteiger partial charge in [0.05, 0.1) is 0 Å². The molecule has 1 saturated carbocycles. The lowest BCUT2D eigenvalue weighted by atomic mass is 9.78. The normalized spacial score (nSPS) is 18.5. The quantitative estimate of drug-likeness (QED) is 0.711. The highest BCUT2D eigenvalue weighted by Crippen LogP contribution is 2.32. The minimum absolute atomic E-state index is 0.103. The predicted octanol–water partition coefficient (Wildman–Crippen LogP) is 2.13. The number of hydrogen-bond donors (Lipinski definition) is 3. The van der Waals surface area contributed by atoms with Crippen LogP contribution in [0.5, 0.6) is 11.5 Å². The van der Waals surface area contributed by atoms with Crippen LogP contribution in [0.2, 0.25) is 0 Å². The Labute approximate surface area is 89.8 Å². The van der Waals surface area contributed by atoms with Crippen molar-refractivity contribution in [2.75, 3.05) is 0 Å². The summed E-state index contributed by atoms with van der Waals surface area (Å²) in [5.41, 5.74) is 1.07. The van der Waals surface area contributed by atoms with E-state index in [0.29, 0.717) is 6.54 Å². The molecule has 2 rings (SSSR count). The fraction of sp³-hybridized carbons (Fsp3) is 0.500. The summed E-state index contributed by atoms with van der Waals surface area (Å²) in [5, 5.41) is 22.2. The van der Waals surface area contributed by atoms with E-state index < -0.39 is 0 Å². The van der Waals surface area contributed by atoms with Crippen LogP contribution in [-0.2, 0) is 6.54 Å². The fourth-order valence-corrected chi connectivity index (χ4v) is 1.89. The van der Waals surface area contributed by atoms with Crippen molar-refractivity contribution >= 4 is 0 Å². The molecule has 15 heavy (non-hydrogen) atoms. The van der Waals surface area contributed by atoms with Gasteiger partial charge in [-0.05, 0) is 32.3 Å². The predicted molar refractivity (Wildman–Crippen MR) is 58.9 cm³/mol. The maximum atomic E-state index is 9.58. The molecule has 0 radical (unpaired) electrons. The number of hydrogen-bond acceptors (Lipinski definition) is 3. The van der Waals surface area contributed by atoms with Crippen LogP contribution < -0.4 is 5.32 Å². The van der Waals surface area contributed by atoms with Gasteiger partial charge in [-0.25, -0.2) is 0 Å². The molecule has 3 heteroatoms. The molecule has 0 saturated heterocycles. The number of rotatable bonds is 3. The van der Waals surface area contributed by atoms with Crippen LogP contribution in [-0.4, -0.2) is 15.8 Å². The van der Waals surface area contributed by atoms with Crippen molar-refractivity contribution in [2.45, 2.75) is 38.3 Å². The molecule has 0 bridgehead atoms. The van der Waals surface area contributed by atoms with Gasteiger partial charge in [0.1, 0.15) is 11.5 Å². The summed E-state index contributed by atoms with van der Waals surface area (Å²) in [5.74, 6) is 0.261. The van der Waals surface area contributed by atoms with E-state index in [4.69, 9.17) is 5.11 Å². The van der Waals surface area contributed by atoms with Gasteiger partial charge in [-0.15, -0.1) is 0 Å². The summed E-state index contributed by atoms with van der Waals surface area (Å²) >= 11 is 0. The zero-order valence-electron chi connectivity index (χ0n) is 8.95. The van der Waals surface area contributed by atoms with Crippen molar-refractivity contribution in [3.63, 3.8) is 0 Å². The molecule has 0 aromatic heterocycles. The first-order chi connectivity index (χ1) is 7.09. The highest BCUT2D eigenvalue weighted by Gasteiger charge is 2.30. The van der Waals surface area contributed by atoms with E-state index in [2.05, 4.69) is 12.2 Å². The van der Waals surface area contributed by atoms with Crippen molar-refractivity contribution in [3.8, 4) is 11.5 Å². The van der Waals surface area contributed by atoms with E-state index in [-0.39, 0.29) is 17.0 Å². The van der Waals surface area contributed by atoms with Crippen molar-refractivity contribution in [1.82, 2.24) is 5.32 Å². The van der Waals surface area contributed by atoms with Crippen molar-refractivity contribution in [1.29, 1.82) is 0 Å². The first-order valence-corrected chi connectivity index (χ1v) is 5.35. The van der Waals surface area contributed by atoms with Gasteiger partial charge < -0.3 is 15.5 Å². The van der Waals surface area contributed by atoms with Crippen molar-refractivity contribution < 1.29 is 10.2 Å². The molecule has 1 fully saturated rings. The summed E-state index contributed by atoms with van der Waals surface area (Å²) in [6.45, 7) is 2.86.